The Morgan fingerprint density at radius 3 is 3.06 bits per heavy atom. The molecule has 2 rings (SSSR count). The lowest BCUT2D eigenvalue weighted by Gasteiger charge is -2.07. The molecule has 0 bridgehead atoms. The molecule has 0 saturated heterocycles. The Kier molecular flexibility index (Phi) is 2.90. The van der Waals surface area contributed by atoms with Crippen molar-refractivity contribution < 1.29 is 4.79 Å². The highest BCUT2D eigenvalue weighted by molar-refractivity contribution is 5.97. The van der Waals surface area contributed by atoms with Gasteiger partial charge in [-0.3, -0.25) is 9.89 Å². The maximum Gasteiger partial charge on any atom is 0.251 e. The highest BCUT2D eigenvalue weighted by Crippen LogP contribution is 2.12. The van der Waals surface area contributed by atoms with Crippen LogP contribution in [-0.2, 0) is 0 Å². The van der Waals surface area contributed by atoms with Gasteiger partial charge in [-0.25, -0.2) is 0 Å². The summed E-state index contributed by atoms with van der Waals surface area (Å²) in [6.07, 6.45) is 1.72. The molecule has 0 fully saturated rings. The second kappa shape index (κ2) is 4.35. The van der Waals surface area contributed by atoms with Crippen LogP contribution in [-0.4, -0.2) is 22.6 Å². The number of benzene rings is 1. The van der Waals surface area contributed by atoms with Gasteiger partial charge in [0.2, 0.25) is 0 Å². The van der Waals surface area contributed by atoms with E-state index in [1.807, 2.05) is 12.1 Å². The van der Waals surface area contributed by atoms with Gasteiger partial charge in [-0.1, -0.05) is 13.8 Å². The molecular formula is C12H15N3O. The van der Waals surface area contributed by atoms with Gasteiger partial charge in [0.15, 0.2) is 0 Å². The normalized spacial score (nSPS) is 10.9. The first-order chi connectivity index (χ1) is 7.66. The summed E-state index contributed by atoms with van der Waals surface area (Å²) in [7, 11) is 0. The Bertz CT molecular complexity index is 502. The number of hydrogen-bond acceptors (Lipinski definition) is 2. The van der Waals surface area contributed by atoms with E-state index in [-0.39, 0.29) is 5.91 Å². The molecule has 2 aromatic rings. The molecule has 1 amide bonds. The van der Waals surface area contributed by atoms with Gasteiger partial charge >= 0.3 is 0 Å². The molecule has 2 N–H and O–H groups in total. The molecule has 0 saturated carbocycles. The number of fused-ring (bicyclic) bond motifs is 1. The van der Waals surface area contributed by atoms with Gasteiger partial charge in [0.1, 0.15) is 0 Å². The van der Waals surface area contributed by atoms with Crippen LogP contribution in [0.3, 0.4) is 0 Å². The Hall–Kier alpha value is -1.84. The highest BCUT2D eigenvalue weighted by atomic mass is 16.1. The van der Waals surface area contributed by atoms with E-state index in [1.54, 1.807) is 12.3 Å². The number of carbonyl (C=O) groups is 1. The number of nitrogens with one attached hydrogen (secondary N) is 2. The minimum atomic E-state index is -0.0307. The van der Waals surface area contributed by atoms with Crippen molar-refractivity contribution >= 4 is 16.8 Å². The number of nitrogens with zero attached hydrogens (tertiary/aromatic N) is 1. The monoisotopic (exact) mass is 217 g/mol. The quantitative estimate of drug-likeness (QED) is 0.825. The van der Waals surface area contributed by atoms with Gasteiger partial charge in [0.05, 0.1) is 11.7 Å². The van der Waals surface area contributed by atoms with Crippen LogP contribution in [0, 0.1) is 5.92 Å². The van der Waals surface area contributed by atoms with Crippen LogP contribution in [0.15, 0.2) is 24.4 Å². The van der Waals surface area contributed by atoms with Gasteiger partial charge in [-0.2, -0.15) is 5.10 Å². The third-order valence-electron chi connectivity index (χ3n) is 2.37. The number of aromatic amines is 1. The summed E-state index contributed by atoms with van der Waals surface area (Å²) in [5.41, 5.74) is 1.62. The van der Waals surface area contributed by atoms with Gasteiger partial charge < -0.3 is 5.32 Å². The summed E-state index contributed by atoms with van der Waals surface area (Å²) < 4.78 is 0. The summed E-state index contributed by atoms with van der Waals surface area (Å²) in [5.74, 6) is 0.429. The smallest absolute Gasteiger partial charge is 0.251 e. The second-order valence-electron chi connectivity index (χ2n) is 4.28. The van der Waals surface area contributed by atoms with Crippen LogP contribution < -0.4 is 5.32 Å². The summed E-state index contributed by atoms with van der Waals surface area (Å²) in [6.45, 7) is 4.83. The fourth-order valence-corrected chi connectivity index (χ4v) is 1.48. The maximum atomic E-state index is 11.8. The molecule has 0 radical (unpaired) electrons. The molecule has 0 aliphatic rings. The molecule has 4 nitrogen and oxygen atoms in total. The van der Waals surface area contributed by atoms with E-state index in [0.717, 1.165) is 10.9 Å². The Balaban J connectivity index is 2.16. The molecule has 16 heavy (non-hydrogen) atoms. The Morgan fingerprint density at radius 1 is 1.50 bits per heavy atom. The minimum absolute atomic E-state index is 0.0307. The van der Waals surface area contributed by atoms with Gasteiger partial charge in [0.25, 0.3) is 5.91 Å². The lowest BCUT2D eigenvalue weighted by Crippen LogP contribution is -2.27. The molecule has 1 aromatic heterocycles. The SMILES string of the molecule is CC(C)CNC(=O)c1ccc2[nH]ncc2c1. The molecule has 1 aromatic carbocycles. The van der Waals surface area contributed by atoms with E-state index in [9.17, 15) is 4.79 Å². The highest BCUT2D eigenvalue weighted by Gasteiger charge is 2.07. The van der Waals surface area contributed by atoms with E-state index < -0.39 is 0 Å². The van der Waals surface area contributed by atoms with Crippen LogP contribution in [0.1, 0.15) is 24.2 Å². The minimum Gasteiger partial charge on any atom is -0.352 e. The molecule has 1 heterocycles. The topological polar surface area (TPSA) is 57.8 Å². The van der Waals surface area contributed by atoms with Crippen molar-refractivity contribution in [2.75, 3.05) is 6.54 Å². The summed E-state index contributed by atoms with van der Waals surface area (Å²) >= 11 is 0. The van der Waals surface area contributed by atoms with Crippen molar-refractivity contribution in [1.82, 2.24) is 15.5 Å². The molecule has 0 unspecified atom stereocenters. The van der Waals surface area contributed by atoms with E-state index >= 15 is 0 Å². The third-order valence-corrected chi connectivity index (χ3v) is 2.37. The zero-order valence-corrected chi connectivity index (χ0v) is 9.45. The molecule has 4 heteroatoms. The molecular weight excluding hydrogens is 202 g/mol. The van der Waals surface area contributed by atoms with Gasteiger partial charge in [0, 0.05) is 17.5 Å². The predicted octanol–water partition coefficient (Wildman–Crippen LogP) is 1.95. The summed E-state index contributed by atoms with van der Waals surface area (Å²) in [4.78, 5) is 11.8. The van der Waals surface area contributed by atoms with Crippen molar-refractivity contribution in [2.45, 2.75) is 13.8 Å². The first kappa shape index (κ1) is 10.7. The molecule has 0 spiro atoms. The summed E-state index contributed by atoms with van der Waals surface area (Å²) in [5, 5.41) is 10.6. The van der Waals surface area contributed by atoms with Crippen LogP contribution in [0.5, 0.6) is 0 Å². The van der Waals surface area contributed by atoms with E-state index in [1.165, 1.54) is 0 Å². The van der Waals surface area contributed by atoms with Crippen molar-refractivity contribution in [3.05, 3.63) is 30.0 Å². The summed E-state index contributed by atoms with van der Waals surface area (Å²) in [6, 6.07) is 5.51. The van der Waals surface area contributed by atoms with Gasteiger partial charge in [-0.05, 0) is 24.1 Å². The average molecular weight is 217 g/mol. The van der Waals surface area contributed by atoms with Gasteiger partial charge in [-0.15, -0.1) is 0 Å². The van der Waals surface area contributed by atoms with E-state index in [2.05, 4.69) is 29.4 Å². The van der Waals surface area contributed by atoms with Crippen molar-refractivity contribution in [3.8, 4) is 0 Å². The second-order valence-corrected chi connectivity index (χ2v) is 4.28. The number of rotatable bonds is 3. The number of aromatic nitrogens is 2. The number of amides is 1. The average Bonchev–Trinajstić information content (AvgIpc) is 2.72. The van der Waals surface area contributed by atoms with Crippen molar-refractivity contribution in [3.63, 3.8) is 0 Å². The first-order valence-corrected chi connectivity index (χ1v) is 5.38. The Labute approximate surface area is 94.0 Å². The molecule has 0 aliphatic carbocycles. The molecule has 0 aliphatic heterocycles. The molecule has 84 valence electrons. The standard InChI is InChI=1S/C12H15N3O/c1-8(2)6-13-12(16)9-3-4-11-10(5-9)7-14-15-11/h3-5,7-8H,6H2,1-2H3,(H,13,16)(H,14,15). The Morgan fingerprint density at radius 2 is 2.31 bits per heavy atom. The largest absolute Gasteiger partial charge is 0.352 e. The zero-order valence-electron chi connectivity index (χ0n) is 9.45. The van der Waals surface area contributed by atoms with Crippen molar-refractivity contribution in [2.24, 2.45) is 5.92 Å². The number of H-pyrrole nitrogens is 1. The fourth-order valence-electron chi connectivity index (χ4n) is 1.48. The maximum absolute atomic E-state index is 11.8. The van der Waals surface area contributed by atoms with Crippen LogP contribution >= 0.6 is 0 Å². The van der Waals surface area contributed by atoms with E-state index in [4.69, 9.17) is 0 Å². The van der Waals surface area contributed by atoms with Crippen molar-refractivity contribution in [1.29, 1.82) is 0 Å². The molecule has 0 atom stereocenters. The lowest BCUT2D eigenvalue weighted by atomic mass is 10.1. The predicted molar refractivity (Wildman–Crippen MR) is 63.3 cm³/mol. The fraction of sp³-hybridized carbons (Fsp3) is 0.333. The number of hydrogen-bond donors (Lipinski definition) is 2. The van der Waals surface area contributed by atoms with Crippen LogP contribution in [0.4, 0.5) is 0 Å². The first-order valence-electron chi connectivity index (χ1n) is 5.38. The zero-order chi connectivity index (χ0) is 11.5. The van der Waals surface area contributed by atoms with E-state index in [0.29, 0.717) is 18.0 Å². The lowest BCUT2D eigenvalue weighted by molar-refractivity contribution is 0.0949. The van der Waals surface area contributed by atoms with Crippen LogP contribution in [0.25, 0.3) is 10.9 Å². The number of carbonyl (C=O) groups excluding carboxylic acids is 1. The van der Waals surface area contributed by atoms with Crippen LogP contribution in [0.2, 0.25) is 0 Å². The third kappa shape index (κ3) is 2.21.